The van der Waals surface area contributed by atoms with Crippen LogP contribution in [-0.4, -0.2) is 67.5 Å². The van der Waals surface area contributed by atoms with E-state index in [2.05, 4.69) is 4.74 Å². The molecule has 0 aliphatic heterocycles. The number of carbonyl (C=O) groups is 4. The maximum atomic E-state index is 11.9. The summed E-state index contributed by atoms with van der Waals surface area (Å²) in [5.74, 6) is -8.04. The van der Waals surface area contributed by atoms with Crippen LogP contribution in [0.3, 0.4) is 0 Å². The normalized spacial score (nSPS) is 15.8. The number of hydrogen-bond acceptors (Lipinski definition) is 7. The molecule has 4 N–H and O–H groups in total. The van der Waals surface area contributed by atoms with Gasteiger partial charge in [0.25, 0.3) is 5.60 Å². The molecule has 0 aromatic heterocycles. The van der Waals surface area contributed by atoms with E-state index in [0.29, 0.717) is 5.75 Å². The quantitative estimate of drug-likeness (QED) is 0.217. The van der Waals surface area contributed by atoms with Crippen LogP contribution >= 0.6 is 11.8 Å². The van der Waals surface area contributed by atoms with E-state index in [1.165, 1.54) is 11.8 Å². The van der Waals surface area contributed by atoms with E-state index in [-0.39, 0.29) is 6.42 Å². The van der Waals surface area contributed by atoms with Crippen LogP contribution in [0.5, 0.6) is 0 Å². The minimum absolute atomic E-state index is 0.0907. The molecule has 10 heteroatoms. The summed E-state index contributed by atoms with van der Waals surface area (Å²) in [6, 6.07) is 0. The van der Waals surface area contributed by atoms with Crippen LogP contribution in [0.25, 0.3) is 0 Å². The minimum atomic E-state index is -3.37. The molecule has 138 valence electrons. The number of unbranched alkanes of at least 4 members (excludes halogenated alkanes) is 1. The molecule has 0 rings (SSSR count). The zero-order chi connectivity index (χ0) is 18.9. The molecule has 0 saturated heterocycles. The van der Waals surface area contributed by atoms with E-state index in [1.807, 2.05) is 6.92 Å². The van der Waals surface area contributed by atoms with E-state index in [9.17, 15) is 24.3 Å². The number of hydrogen-bond donors (Lipinski definition) is 4. The number of esters is 1. The Morgan fingerprint density at radius 2 is 1.67 bits per heavy atom. The molecule has 3 unspecified atom stereocenters. The standard InChI is InChI=1S/C14H22O9S/c1-3-4-6-24-7-5-9(11(17)18)23-13(21)14(22,12(19)20)8(2)10(15)16/h8-9,22H,3-7H2,1-2H3,(H,15,16)(H,17,18)(H,19,20). The van der Waals surface area contributed by atoms with Crippen LogP contribution in [-0.2, 0) is 23.9 Å². The number of aliphatic hydroxyl groups is 1. The Morgan fingerprint density at radius 1 is 1.08 bits per heavy atom. The van der Waals surface area contributed by atoms with Crippen LogP contribution in [0, 0.1) is 5.92 Å². The van der Waals surface area contributed by atoms with Gasteiger partial charge in [-0.25, -0.2) is 14.4 Å². The lowest BCUT2D eigenvalue weighted by Gasteiger charge is -2.26. The molecule has 0 aromatic carbocycles. The molecule has 0 saturated carbocycles. The molecule has 0 aliphatic rings. The van der Waals surface area contributed by atoms with Gasteiger partial charge in [-0.2, -0.15) is 11.8 Å². The fourth-order valence-corrected chi connectivity index (χ4v) is 2.70. The second-order valence-corrected chi connectivity index (χ2v) is 6.34. The van der Waals surface area contributed by atoms with Crippen LogP contribution < -0.4 is 0 Å². The molecule has 0 fully saturated rings. The molecule has 0 aromatic rings. The maximum Gasteiger partial charge on any atom is 0.351 e. The SMILES string of the molecule is CCCCSCCC(OC(=O)C(O)(C(=O)O)C(C)C(=O)O)C(=O)O. The van der Waals surface area contributed by atoms with Gasteiger partial charge in [0.15, 0.2) is 6.10 Å². The van der Waals surface area contributed by atoms with E-state index < -0.39 is 41.5 Å². The zero-order valence-electron chi connectivity index (χ0n) is 13.4. The third-order valence-corrected chi connectivity index (χ3v) is 4.43. The van der Waals surface area contributed by atoms with Gasteiger partial charge in [0.05, 0.1) is 0 Å². The Balaban J connectivity index is 4.99. The number of carboxylic acids is 3. The average Bonchev–Trinajstić information content (AvgIpc) is 2.51. The number of ether oxygens (including phenoxy) is 1. The van der Waals surface area contributed by atoms with Crippen LogP contribution in [0.15, 0.2) is 0 Å². The van der Waals surface area contributed by atoms with E-state index in [1.54, 1.807) is 0 Å². The first kappa shape index (κ1) is 22.2. The summed E-state index contributed by atoms with van der Waals surface area (Å²) < 4.78 is 4.57. The highest BCUT2D eigenvalue weighted by molar-refractivity contribution is 7.99. The topological polar surface area (TPSA) is 158 Å². The molecule has 0 spiro atoms. The average molecular weight is 366 g/mol. The van der Waals surface area contributed by atoms with Crippen molar-refractivity contribution >= 4 is 35.6 Å². The second-order valence-electron chi connectivity index (χ2n) is 5.12. The fraction of sp³-hybridized carbons (Fsp3) is 0.714. The Morgan fingerprint density at radius 3 is 2.08 bits per heavy atom. The summed E-state index contributed by atoms with van der Waals surface area (Å²) in [4.78, 5) is 45.1. The smallest absolute Gasteiger partial charge is 0.351 e. The first-order valence-electron chi connectivity index (χ1n) is 7.29. The zero-order valence-corrected chi connectivity index (χ0v) is 14.2. The molecule has 0 bridgehead atoms. The highest BCUT2D eigenvalue weighted by Gasteiger charge is 2.55. The van der Waals surface area contributed by atoms with Gasteiger partial charge in [-0.05, 0) is 24.9 Å². The van der Waals surface area contributed by atoms with Crippen molar-refractivity contribution in [1.82, 2.24) is 0 Å². The van der Waals surface area contributed by atoms with Gasteiger partial charge < -0.3 is 25.2 Å². The summed E-state index contributed by atoms with van der Waals surface area (Å²) in [5.41, 5.74) is -3.37. The molecule has 3 atom stereocenters. The predicted molar refractivity (Wildman–Crippen MR) is 83.8 cm³/mol. The largest absolute Gasteiger partial charge is 0.481 e. The molecule has 0 heterocycles. The van der Waals surface area contributed by atoms with Crippen molar-refractivity contribution < 1.29 is 44.3 Å². The lowest BCUT2D eigenvalue weighted by molar-refractivity contribution is -0.196. The lowest BCUT2D eigenvalue weighted by Crippen LogP contribution is -2.56. The highest BCUT2D eigenvalue weighted by atomic mass is 32.2. The van der Waals surface area contributed by atoms with Gasteiger partial charge in [-0.3, -0.25) is 4.79 Å². The molecular weight excluding hydrogens is 344 g/mol. The summed E-state index contributed by atoms with van der Waals surface area (Å²) >= 11 is 1.45. The van der Waals surface area contributed by atoms with E-state index in [4.69, 9.17) is 15.3 Å². The van der Waals surface area contributed by atoms with Gasteiger partial charge in [0, 0.05) is 6.42 Å². The van der Waals surface area contributed by atoms with Crippen molar-refractivity contribution in [2.24, 2.45) is 5.92 Å². The van der Waals surface area contributed by atoms with Gasteiger partial charge in [0.2, 0.25) is 0 Å². The van der Waals surface area contributed by atoms with Gasteiger partial charge in [0.1, 0.15) is 5.92 Å². The highest BCUT2D eigenvalue weighted by Crippen LogP contribution is 2.22. The number of carboxylic acid groups (broad SMARTS) is 3. The van der Waals surface area contributed by atoms with Crippen molar-refractivity contribution in [3.63, 3.8) is 0 Å². The number of rotatable bonds is 12. The van der Waals surface area contributed by atoms with Gasteiger partial charge >= 0.3 is 23.9 Å². The Hall–Kier alpha value is -1.81. The Labute approximate surface area is 143 Å². The molecule has 0 amide bonds. The van der Waals surface area contributed by atoms with Gasteiger partial charge in [-0.15, -0.1) is 0 Å². The first-order valence-corrected chi connectivity index (χ1v) is 8.44. The van der Waals surface area contributed by atoms with Crippen LogP contribution in [0.2, 0.25) is 0 Å². The van der Waals surface area contributed by atoms with E-state index >= 15 is 0 Å². The predicted octanol–water partition coefficient (Wildman–Crippen LogP) is 0.443. The maximum absolute atomic E-state index is 11.9. The van der Waals surface area contributed by atoms with Crippen molar-refractivity contribution in [2.75, 3.05) is 11.5 Å². The van der Waals surface area contributed by atoms with Crippen molar-refractivity contribution in [3.05, 3.63) is 0 Å². The van der Waals surface area contributed by atoms with Crippen molar-refractivity contribution in [2.45, 2.75) is 44.8 Å². The lowest BCUT2D eigenvalue weighted by atomic mass is 9.89. The second kappa shape index (κ2) is 10.1. The first-order chi connectivity index (χ1) is 11.1. The Kier molecular flexibility index (Phi) is 9.37. The monoisotopic (exact) mass is 366 g/mol. The number of aliphatic carboxylic acids is 3. The number of thioether (sulfide) groups is 1. The van der Waals surface area contributed by atoms with Gasteiger partial charge in [-0.1, -0.05) is 13.3 Å². The van der Waals surface area contributed by atoms with Crippen molar-refractivity contribution in [3.8, 4) is 0 Å². The van der Waals surface area contributed by atoms with Crippen molar-refractivity contribution in [1.29, 1.82) is 0 Å². The third kappa shape index (κ3) is 6.00. The minimum Gasteiger partial charge on any atom is -0.481 e. The molecule has 0 radical (unpaired) electrons. The Bertz CT molecular complexity index is 479. The number of carbonyl (C=O) groups excluding carboxylic acids is 1. The summed E-state index contributed by atoms with van der Waals surface area (Å²) in [5, 5.41) is 36.8. The molecule has 24 heavy (non-hydrogen) atoms. The third-order valence-electron chi connectivity index (χ3n) is 3.33. The fourth-order valence-electron chi connectivity index (χ4n) is 1.62. The summed E-state index contributed by atoms with van der Waals surface area (Å²) in [7, 11) is 0. The van der Waals surface area contributed by atoms with E-state index in [0.717, 1.165) is 25.5 Å². The summed E-state index contributed by atoms with van der Waals surface area (Å²) in [6.07, 6.45) is 0.158. The van der Waals surface area contributed by atoms with Crippen LogP contribution in [0.4, 0.5) is 0 Å². The molecular formula is C14H22O9S. The summed E-state index contributed by atoms with van der Waals surface area (Å²) in [6.45, 7) is 2.81. The molecule has 9 nitrogen and oxygen atoms in total. The van der Waals surface area contributed by atoms with Crippen LogP contribution in [0.1, 0.15) is 33.1 Å². The molecule has 0 aliphatic carbocycles.